The van der Waals surface area contributed by atoms with E-state index in [9.17, 15) is 0 Å². The van der Waals surface area contributed by atoms with Crippen LogP contribution >= 0.6 is 0 Å². The summed E-state index contributed by atoms with van der Waals surface area (Å²) in [6, 6.07) is 15.9. The standard InChI is InChI=1S/C16H19NO2/c1-13-4-2-3-5-16(13)19-15-8-6-14(7-9-15)12-17-10-11-18/h2-9,17-18H,10-12H2,1H3. The van der Waals surface area contributed by atoms with E-state index >= 15 is 0 Å². The van der Waals surface area contributed by atoms with Crippen LogP contribution in [0.5, 0.6) is 11.5 Å². The van der Waals surface area contributed by atoms with E-state index in [1.54, 1.807) is 0 Å². The zero-order valence-electron chi connectivity index (χ0n) is 11.1. The average Bonchev–Trinajstić information content (AvgIpc) is 2.44. The number of benzene rings is 2. The number of para-hydroxylation sites is 1. The third-order valence-electron chi connectivity index (χ3n) is 2.86. The van der Waals surface area contributed by atoms with Gasteiger partial charge in [-0.3, -0.25) is 0 Å². The number of rotatable bonds is 6. The van der Waals surface area contributed by atoms with E-state index in [1.807, 2.05) is 55.5 Å². The van der Waals surface area contributed by atoms with Gasteiger partial charge in [-0.2, -0.15) is 0 Å². The van der Waals surface area contributed by atoms with Crippen molar-refractivity contribution >= 4 is 0 Å². The number of aliphatic hydroxyl groups excluding tert-OH is 1. The van der Waals surface area contributed by atoms with E-state index in [1.165, 1.54) is 5.56 Å². The summed E-state index contributed by atoms with van der Waals surface area (Å²) in [6.07, 6.45) is 0. The highest BCUT2D eigenvalue weighted by atomic mass is 16.5. The number of aliphatic hydroxyl groups is 1. The molecule has 0 saturated carbocycles. The van der Waals surface area contributed by atoms with Gasteiger partial charge in [-0.1, -0.05) is 30.3 Å². The van der Waals surface area contributed by atoms with E-state index in [0.717, 1.165) is 23.6 Å². The summed E-state index contributed by atoms with van der Waals surface area (Å²) in [4.78, 5) is 0. The van der Waals surface area contributed by atoms with E-state index in [0.29, 0.717) is 6.54 Å². The van der Waals surface area contributed by atoms with Crippen LogP contribution in [-0.4, -0.2) is 18.3 Å². The van der Waals surface area contributed by atoms with Crippen molar-refractivity contribution in [3.63, 3.8) is 0 Å². The molecule has 0 aliphatic heterocycles. The van der Waals surface area contributed by atoms with Crippen molar-refractivity contribution in [1.82, 2.24) is 5.32 Å². The molecule has 3 nitrogen and oxygen atoms in total. The highest BCUT2D eigenvalue weighted by Crippen LogP contribution is 2.24. The van der Waals surface area contributed by atoms with Crippen LogP contribution in [0.3, 0.4) is 0 Å². The Morgan fingerprint density at radius 3 is 2.47 bits per heavy atom. The van der Waals surface area contributed by atoms with E-state index in [-0.39, 0.29) is 6.61 Å². The minimum atomic E-state index is 0.161. The van der Waals surface area contributed by atoms with Crippen LogP contribution in [0.4, 0.5) is 0 Å². The largest absolute Gasteiger partial charge is 0.457 e. The summed E-state index contributed by atoms with van der Waals surface area (Å²) in [5.41, 5.74) is 2.29. The molecule has 0 aliphatic carbocycles. The number of ether oxygens (including phenoxy) is 1. The molecule has 2 rings (SSSR count). The van der Waals surface area contributed by atoms with E-state index < -0.39 is 0 Å². The molecular weight excluding hydrogens is 238 g/mol. The minimum absolute atomic E-state index is 0.161. The van der Waals surface area contributed by atoms with Crippen LogP contribution in [-0.2, 0) is 6.54 Å². The summed E-state index contributed by atoms with van der Waals surface area (Å²) in [5, 5.41) is 11.8. The van der Waals surface area contributed by atoms with Crippen LogP contribution in [0.15, 0.2) is 48.5 Å². The maximum atomic E-state index is 8.70. The van der Waals surface area contributed by atoms with Crippen LogP contribution in [0, 0.1) is 6.92 Å². The monoisotopic (exact) mass is 257 g/mol. The third kappa shape index (κ3) is 4.09. The van der Waals surface area contributed by atoms with Gasteiger partial charge in [-0.05, 0) is 36.2 Å². The normalized spacial score (nSPS) is 10.4. The van der Waals surface area contributed by atoms with Crippen molar-refractivity contribution in [3.8, 4) is 11.5 Å². The molecule has 100 valence electrons. The quantitative estimate of drug-likeness (QED) is 0.782. The van der Waals surface area contributed by atoms with E-state index in [4.69, 9.17) is 9.84 Å². The van der Waals surface area contributed by atoms with Gasteiger partial charge in [-0.25, -0.2) is 0 Å². The molecule has 0 amide bonds. The van der Waals surface area contributed by atoms with Gasteiger partial charge < -0.3 is 15.2 Å². The summed E-state index contributed by atoms with van der Waals surface area (Å²) in [7, 11) is 0. The molecule has 0 heterocycles. The Bertz CT molecular complexity index is 508. The second-order valence-electron chi connectivity index (χ2n) is 4.41. The molecule has 0 bridgehead atoms. The summed E-state index contributed by atoms with van der Waals surface area (Å²) >= 11 is 0. The van der Waals surface area contributed by atoms with Crippen molar-refractivity contribution in [2.45, 2.75) is 13.5 Å². The second kappa shape index (κ2) is 6.92. The van der Waals surface area contributed by atoms with Gasteiger partial charge in [0.15, 0.2) is 0 Å². The molecule has 0 unspecified atom stereocenters. The maximum Gasteiger partial charge on any atom is 0.130 e. The predicted octanol–water partition coefficient (Wildman–Crippen LogP) is 2.87. The average molecular weight is 257 g/mol. The van der Waals surface area contributed by atoms with Crippen LogP contribution in [0.1, 0.15) is 11.1 Å². The molecule has 0 aliphatic rings. The second-order valence-corrected chi connectivity index (χ2v) is 4.41. The van der Waals surface area contributed by atoms with Gasteiger partial charge in [0.1, 0.15) is 11.5 Å². The Hall–Kier alpha value is -1.84. The number of aryl methyl sites for hydroxylation is 1. The molecule has 19 heavy (non-hydrogen) atoms. The molecular formula is C16H19NO2. The molecule has 0 saturated heterocycles. The molecule has 0 fully saturated rings. The van der Waals surface area contributed by atoms with Crippen molar-refractivity contribution in [2.24, 2.45) is 0 Å². The Kier molecular flexibility index (Phi) is 4.95. The zero-order chi connectivity index (χ0) is 13.5. The van der Waals surface area contributed by atoms with Gasteiger partial charge in [0.2, 0.25) is 0 Å². The fourth-order valence-corrected chi connectivity index (χ4v) is 1.79. The SMILES string of the molecule is Cc1ccccc1Oc1ccc(CNCCO)cc1. The molecule has 0 atom stereocenters. The number of hydrogen-bond donors (Lipinski definition) is 2. The lowest BCUT2D eigenvalue weighted by molar-refractivity contribution is 0.292. The predicted molar refractivity (Wildman–Crippen MR) is 76.5 cm³/mol. The zero-order valence-corrected chi connectivity index (χ0v) is 11.1. The molecule has 0 spiro atoms. The highest BCUT2D eigenvalue weighted by molar-refractivity contribution is 5.37. The maximum absolute atomic E-state index is 8.70. The molecule has 2 aromatic carbocycles. The fraction of sp³-hybridized carbons (Fsp3) is 0.250. The van der Waals surface area contributed by atoms with Gasteiger partial charge in [0.05, 0.1) is 6.61 Å². The first-order valence-electron chi connectivity index (χ1n) is 6.43. The first-order chi connectivity index (χ1) is 9.29. The van der Waals surface area contributed by atoms with Crippen LogP contribution in [0.25, 0.3) is 0 Å². The van der Waals surface area contributed by atoms with Crippen LogP contribution in [0.2, 0.25) is 0 Å². The van der Waals surface area contributed by atoms with Gasteiger partial charge in [0, 0.05) is 13.1 Å². The molecule has 2 N–H and O–H groups in total. The first kappa shape index (κ1) is 13.6. The molecule has 0 aromatic heterocycles. The third-order valence-corrected chi connectivity index (χ3v) is 2.86. The molecule has 3 heteroatoms. The summed E-state index contributed by atoms with van der Waals surface area (Å²) in [5.74, 6) is 1.72. The van der Waals surface area contributed by atoms with Gasteiger partial charge in [-0.15, -0.1) is 0 Å². The van der Waals surface area contributed by atoms with Crippen molar-refractivity contribution < 1.29 is 9.84 Å². The van der Waals surface area contributed by atoms with Gasteiger partial charge in [0.25, 0.3) is 0 Å². The highest BCUT2D eigenvalue weighted by Gasteiger charge is 2.00. The lowest BCUT2D eigenvalue weighted by Gasteiger charge is -2.09. The van der Waals surface area contributed by atoms with Gasteiger partial charge >= 0.3 is 0 Å². The topological polar surface area (TPSA) is 41.5 Å². The minimum Gasteiger partial charge on any atom is -0.457 e. The van der Waals surface area contributed by atoms with Crippen molar-refractivity contribution in [2.75, 3.05) is 13.2 Å². The fourth-order valence-electron chi connectivity index (χ4n) is 1.79. The van der Waals surface area contributed by atoms with Crippen LogP contribution < -0.4 is 10.1 Å². The smallest absolute Gasteiger partial charge is 0.130 e. The number of hydrogen-bond acceptors (Lipinski definition) is 3. The summed E-state index contributed by atoms with van der Waals surface area (Å²) < 4.78 is 5.83. The Morgan fingerprint density at radius 1 is 1.05 bits per heavy atom. The first-order valence-corrected chi connectivity index (χ1v) is 6.43. The lowest BCUT2D eigenvalue weighted by Crippen LogP contribution is -2.17. The Labute approximate surface area is 113 Å². The Balaban J connectivity index is 1.97. The van der Waals surface area contributed by atoms with Crippen molar-refractivity contribution in [1.29, 1.82) is 0 Å². The summed E-state index contributed by atoms with van der Waals surface area (Å²) in [6.45, 7) is 3.56. The van der Waals surface area contributed by atoms with Crippen molar-refractivity contribution in [3.05, 3.63) is 59.7 Å². The number of nitrogens with one attached hydrogen (secondary N) is 1. The molecule has 2 aromatic rings. The Morgan fingerprint density at radius 2 is 1.79 bits per heavy atom. The van der Waals surface area contributed by atoms with E-state index in [2.05, 4.69) is 5.32 Å². The molecule has 0 radical (unpaired) electrons. The lowest BCUT2D eigenvalue weighted by atomic mass is 10.2.